The van der Waals surface area contributed by atoms with Crippen molar-refractivity contribution in [3.05, 3.63) is 41.2 Å². The molecule has 2 atom stereocenters. The van der Waals surface area contributed by atoms with Crippen LogP contribution in [0, 0.1) is 11.8 Å². The summed E-state index contributed by atoms with van der Waals surface area (Å²) in [7, 11) is 0. The van der Waals surface area contributed by atoms with Crippen molar-refractivity contribution in [2.75, 3.05) is 0 Å². The first-order chi connectivity index (χ1) is 8.93. The van der Waals surface area contributed by atoms with Crippen LogP contribution in [-0.4, -0.2) is 0 Å². The Balaban J connectivity index is 2.13. The van der Waals surface area contributed by atoms with Crippen LogP contribution in [0.25, 0.3) is 0 Å². The van der Waals surface area contributed by atoms with Gasteiger partial charge in [-0.2, -0.15) is 0 Å². The van der Waals surface area contributed by atoms with Crippen LogP contribution >= 0.6 is 0 Å². The minimum atomic E-state index is -0.0922. The van der Waals surface area contributed by atoms with Crippen molar-refractivity contribution in [1.82, 2.24) is 0 Å². The van der Waals surface area contributed by atoms with Crippen molar-refractivity contribution in [1.29, 1.82) is 0 Å². The Labute approximate surface area is 126 Å². The van der Waals surface area contributed by atoms with Crippen LogP contribution in [0.15, 0.2) is 41.2 Å². The molecule has 0 aromatic carbocycles. The summed E-state index contributed by atoms with van der Waals surface area (Å²) in [5.41, 5.74) is 10.0. The van der Waals surface area contributed by atoms with E-state index in [1.54, 1.807) is 33.4 Å². The summed E-state index contributed by atoms with van der Waals surface area (Å²) < 4.78 is 3.65. The van der Waals surface area contributed by atoms with Crippen LogP contribution in [0.4, 0.5) is 0 Å². The molecule has 2 aliphatic carbocycles. The third kappa shape index (κ3) is 1.83. The minimum absolute atomic E-state index is 0.0922. The summed E-state index contributed by atoms with van der Waals surface area (Å²) in [5, 5.41) is 0. The molecule has 4 bridgehead atoms. The van der Waals surface area contributed by atoms with E-state index in [4.69, 9.17) is 0 Å². The van der Waals surface area contributed by atoms with Crippen molar-refractivity contribution in [3.63, 3.8) is 0 Å². The molecule has 1 heterocycles. The molecular formula is C18H24Ti. The molecule has 0 N–H and O–H groups in total. The van der Waals surface area contributed by atoms with E-state index in [0.29, 0.717) is 0 Å². The van der Waals surface area contributed by atoms with E-state index >= 15 is 0 Å². The Morgan fingerprint density at radius 3 is 1.42 bits per heavy atom. The van der Waals surface area contributed by atoms with Gasteiger partial charge in [-0.1, -0.05) is 0 Å². The molecule has 1 fully saturated rings. The van der Waals surface area contributed by atoms with Crippen LogP contribution in [0.1, 0.15) is 54.4 Å². The summed E-state index contributed by atoms with van der Waals surface area (Å²) in [6.07, 6.45) is 2.58. The summed E-state index contributed by atoms with van der Waals surface area (Å²) in [4.78, 5) is 0. The van der Waals surface area contributed by atoms with Gasteiger partial charge in [0, 0.05) is 0 Å². The molecule has 0 nitrogen and oxygen atoms in total. The van der Waals surface area contributed by atoms with Crippen LogP contribution in [-0.2, 0) is 19.2 Å². The van der Waals surface area contributed by atoms with E-state index < -0.39 is 0 Å². The third-order valence-corrected chi connectivity index (χ3v) is 9.11. The first-order valence-electron chi connectivity index (χ1n) is 7.52. The van der Waals surface area contributed by atoms with Gasteiger partial charge in [-0.3, -0.25) is 0 Å². The van der Waals surface area contributed by atoms with Gasteiger partial charge in [0.15, 0.2) is 0 Å². The van der Waals surface area contributed by atoms with E-state index in [2.05, 4.69) is 41.5 Å². The van der Waals surface area contributed by atoms with Crippen molar-refractivity contribution in [2.45, 2.75) is 54.4 Å². The second-order valence-corrected chi connectivity index (χ2v) is 8.52. The molecule has 19 heavy (non-hydrogen) atoms. The standard InChI is InChI=1S/C18H24.Ti/c1-11-9-13(3)17(15(11)5)7-8-18-14(4)10-12(2)16(18)6;/h13-14H,7-8H2,1-6H3;. The van der Waals surface area contributed by atoms with E-state index in [1.165, 1.54) is 12.8 Å². The topological polar surface area (TPSA) is 0 Å². The molecule has 100 valence electrons. The van der Waals surface area contributed by atoms with Crippen molar-refractivity contribution >= 4 is 0 Å². The molecule has 0 amide bonds. The van der Waals surface area contributed by atoms with Gasteiger partial charge in [-0.25, -0.2) is 0 Å². The van der Waals surface area contributed by atoms with Gasteiger partial charge in [0.1, 0.15) is 0 Å². The Morgan fingerprint density at radius 1 is 0.684 bits per heavy atom. The van der Waals surface area contributed by atoms with Gasteiger partial charge in [0.25, 0.3) is 0 Å². The Hall–Kier alpha value is -0.326. The third-order valence-electron chi connectivity index (χ3n) is 5.74. The molecule has 1 aliphatic heterocycles. The second kappa shape index (κ2) is 4.60. The molecule has 3 rings (SSSR count). The quantitative estimate of drug-likeness (QED) is 0.527. The fraction of sp³-hybridized carbons (Fsp3) is 0.556. The fourth-order valence-electron chi connectivity index (χ4n) is 4.16. The average molecular weight is 288 g/mol. The Bertz CT molecular complexity index is 529. The van der Waals surface area contributed by atoms with Crippen LogP contribution in [0.3, 0.4) is 0 Å². The molecule has 3 aliphatic rings. The number of hydrogen-bond donors (Lipinski definition) is 0. The monoisotopic (exact) mass is 288 g/mol. The van der Waals surface area contributed by atoms with E-state index in [0.717, 1.165) is 11.8 Å². The average Bonchev–Trinajstić information content (AvgIpc) is 2.71. The Morgan fingerprint density at radius 2 is 1.05 bits per heavy atom. The van der Waals surface area contributed by atoms with Crippen molar-refractivity contribution in [3.8, 4) is 0 Å². The summed E-state index contributed by atoms with van der Waals surface area (Å²) in [6.45, 7) is 14.4. The molecule has 1 saturated heterocycles. The maximum atomic E-state index is 2.45. The number of fused-ring (bicyclic) bond motifs is 4. The van der Waals surface area contributed by atoms with E-state index in [-0.39, 0.29) is 19.2 Å². The zero-order valence-corrected chi connectivity index (χ0v) is 14.6. The maximum absolute atomic E-state index is 2.45. The van der Waals surface area contributed by atoms with Gasteiger partial charge >= 0.3 is 127 Å². The summed E-state index contributed by atoms with van der Waals surface area (Å²) in [6, 6.07) is 0. The molecule has 0 spiro atoms. The molecule has 2 unspecified atom stereocenters. The zero-order chi connectivity index (χ0) is 13.9. The number of rotatable bonds is 0. The molecule has 0 saturated carbocycles. The van der Waals surface area contributed by atoms with Gasteiger partial charge in [0.05, 0.1) is 0 Å². The first kappa shape index (κ1) is 13.6. The second-order valence-electron chi connectivity index (χ2n) is 6.45. The number of allylic oxidation sites excluding steroid dienone is 8. The molecular weight excluding hydrogens is 264 g/mol. The summed E-state index contributed by atoms with van der Waals surface area (Å²) in [5.74, 6) is 1.49. The van der Waals surface area contributed by atoms with Crippen LogP contribution in [0.5, 0.6) is 0 Å². The predicted octanol–water partition coefficient (Wildman–Crippen LogP) is 5.34. The SMILES string of the molecule is CC1=C2CCC3=C(C)C(C)=[C]([Ti][C](=C1C)C2C)C3C. The van der Waals surface area contributed by atoms with Crippen LogP contribution < -0.4 is 0 Å². The van der Waals surface area contributed by atoms with Crippen molar-refractivity contribution in [2.24, 2.45) is 11.8 Å². The normalized spacial score (nSPS) is 30.8. The van der Waals surface area contributed by atoms with Gasteiger partial charge in [-0.05, 0) is 0 Å². The van der Waals surface area contributed by atoms with Gasteiger partial charge in [0.2, 0.25) is 0 Å². The Kier molecular flexibility index (Phi) is 3.31. The zero-order valence-electron chi connectivity index (χ0n) is 13.1. The number of hydrogen-bond acceptors (Lipinski definition) is 0. The first-order valence-corrected chi connectivity index (χ1v) is 9.08. The molecule has 1 heteroatoms. The van der Waals surface area contributed by atoms with Crippen LogP contribution in [0.2, 0.25) is 0 Å². The molecule has 0 radical (unpaired) electrons. The van der Waals surface area contributed by atoms with Gasteiger partial charge < -0.3 is 0 Å². The molecule has 0 aromatic heterocycles. The van der Waals surface area contributed by atoms with E-state index in [9.17, 15) is 0 Å². The summed E-state index contributed by atoms with van der Waals surface area (Å²) >= 11 is -0.0922. The van der Waals surface area contributed by atoms with E-state index in [1.807, 2.05) is 7.76 Å². The predicted molar refractivity (Wildman–Crippen MR) is 78.4 cm³/mol. The van der Waals surface area contributed by atoms with Gasteiger partial charge in [-0.15, -0.1) is 0 Å². The fourth-order valence-corrected chi connectivity index (χ4v) is 7.00. The van der Waals surface area contributed by atoms with Crippen molar-refractivity contribution < 1.29 is 19.2 Å². The molecule has 0 aromatic rings.